The summed E-state index contributed by atoms with van der Waals surface area (Å²) < 4.78 is 38.0. The second-order valence-electron chi connectivity index (χ2n) is 5.63. The highest BCUT2D eigenvalue weighted by atomic mass is 35.5. The predicted octanol–water partition coefficient (Wildman–Crippen LogP) is 3.92. The number of carbonyl (C=O) groups excluding carboxylic acids is 3. The molecule has 0 saturated heterocycles. The fourth-order valence-electron chi connectivity index (χ4n) is 2.16. The summed E-state index contributed by atoms with van der Waals surface area (Å²) in [5, 5.41) is 2.28. The molecule has 158 valence electrons. The number of nitrogens with one attached hydrogen (secondary N) is 1. The molecule has 2 aromatic carbocycles. The largest absolute Gasteiger partial charge is 0.465 e. The Labute approximate surface area is 175 Å². The van der Waals surface area contributed by atoms with Crippen LogP contribution in [0.1, 0.15) is 15.9 Å². The summed E-state index contributed by atoms with van der Waals surface area (Å²) >= 11 is 5.79. The summed E-state index contributed by atoms with van der Waals surface area (Å²) in [6, 6.07) is 9.98. The summed E-state index contributed by atoms with van der Waals surface area (Å²) in [5.74, 6) is -2.13. The first-order valence-corrected chi connectivity index (χ1v) is 8.73. The van der Waals surface area contributed by atoms with E-state index in [1.54, 1.807) is 12.1 Å². The topological polar surface area (TPSA) is 90.9 Å². The predicted molar refractivity (Wildman–Crippen MR) is 104 cm³/mol. The summed E-state index contributed by atoms with van der Waals surface area (Å²) in [7, 11) is 1.27. The molecule has 0 atom stereocenters. The van der Waals surface area contributed by atoms with E-state index in [9.17, 15) is 23.2 Å². The number of hydrogen-bond donors (Lipinski definition) is 1. The van der Waals surface area contributed by atoms with Crippen LogP contribution in [-0.4, -0.2) is 38.2 Å². The number of carbonyl (C=O) groups is 3. The van der Waals surface area contributed by atoms with Crippen molar-refractivity contribution in [3.8, 4) is 5.75 Å². The van der Waals surface area contributed by atoms with Gasteiger partial charge in [-0.3, -0.25) is 4.79 Å². The molecule has 2 rings (SSSR count). The van der Waals surface area contributed by atoms with Crippen LogP contribution in [0.25, 0.3) is 6.08 Å². The molecule has 0 aliphatic heterocycles. The maximum Gasteiger partial charge on any atom is 0.387 e. The van der Waals surface area contributed by atoms with Crippen molar-refractivity contribution in [1.82, 2.24) is 0 Å². The maximum absolute atomic E-state index is 12.2. The molecule has 0 fully saturated rings. The number of esters is 2. The number of anilines is 1. The zero-order chi connectivity index (χ0) is 22.1. The minimum atomic E-state index is -3.03. The lowest BCUT2D eigenvalue weighted by Crippen LogP contribution is -2.20. The number of methoxy groups -OCH3 is 1. The van der Waals surface area contributed by atoms with Gasteiger partial charge in [0.1, 0.15) is 5.75 Å². The Morgan fingerprint density at radius 2 is 1.83 bits per heavy atom. The first kappa shape index (κ1) is 22.8. The van der Waals surface area contributed by atoms with Crippen molar-refractivity contribution in [2.24, 2.45) is 0 Å². The van der Waals surface area contributed by atoms with Crippen molar-refractivity contribution in [2.75, 3.05) is 19.0 Å². The van der Waals surface area contributed by atoms with Crippen LogP contribution in [0.5, 0.6) is 5.75 Å². The van der Waals surface area contributed by atoms with E-state index in [1.165, 1.54) is 43.5 Å². The zero-order valence-corrected chi connectivity index (χ0v) is 16.3. The quantitative estimate of drug-likeness (QED) is 0.495. The molecule has 2 aromatic rings. The van der Waals surface area contributed by atoms with Gasteiger partial charge in [-0.15, -0.1) is 0 Å². The first-order valence-electron chi connectivity index (χ1n) is 8.36. The molecule has 30 heavy (non-hydrogen) atoms. The summed E-state index contributed by atoms with van der Waals surface area (Å²) in [5.41, 5.74) is 1.21. The van der Waals surface area contributed by atoms with Crippen LogP contribution >= 0.6 is 11.6 Å². The SMILES string of the molecule is COC(=O)c1ccc(/C=C/C(=O)OCC(=O)Nc2ccc(OC(F)F)c(Cl)c2)cc1. The van der Waals surface area contributed by atoms with E-state index in [4.69, 9.17) is 16.3 Å². The van der Waals surface area contributed by atoms with Gasteiger partial charge in [-0.2, -0.15) is 8.78 Å². The van der Waals surface area contributed by atoms with Crippen LogP contribution in [-0.2, 0) is 19.1 Å². The first-order chi connectivity index (χ1) is 14.3. The van der Waals surface area contributed by atoms with Gasteiger partial charge in [0.2, 0.25) is 0 Å². The molecule has 0 bridgehead atoms. The lowest BCUT2D eigenvalue weighted by Gasteiger charge is -2.09. The van der Waals surface area contributed by atoms with Gasteiger partial charge in [0, 0.05) is 11.8 Å². The highest BCUT2D eigenvalue weighted by Crippen LogP contribution is 2.28. The fraction of sp³-hybridized carbons (Fsp3) is 0.150. The van der Waals surface area contributed by atoms with Crippen molar-refractivity contribution in [3.63, 3.8) is 0 Å². The Kier molecular flexibility index (Phi) is 8.30. The van der Waals surface area contributed by atoms with Crippen molar-refractivity contribution in [3.05, 3.63) is 64.7 Å². The van der Waals surface area contributed by atoms with E-state index < -0.39 is 31.1 Å². The van der Waals surface area contributed by atoms with Crippen molar-refractivity contribution < 1.29 is 37.4 Å². The normalized spacial score (nSPS) is 10.7. The highest BCUT2D eigenvalue weighted by Gasteiger charge is 2.11. The standard InChI is InChI=1S/C20H16ClF2NO6/c1-28-19(27)13-5-2-12(3-6-13)4-9-18(26)29-11-17(25)24-14-7-8-16(15(21)10-14)30-20(22)23/h2-10,20H,11H2,1H3,(H,24,25)/b9-4+. The number of benzene rings is 2. The molecule has 0 heterocycles. The second kappa shape index (κ2) is 10.9. The van der Waals surface area contributed by atoms with Crippen LogP contribution in [0.15, 0.2) is 48.5 Å². The third-order valence-corrected chi connectivity index (χ3v) is 3.82. The molecule has 0 aliphatic rings. The van der Waals surface area contributed by atoms with Crippen LogP contribution in [0.2, 0.25) is 5.02 Å². The number of halogens is 3. The number of hydrogen-bond acceptors (Lipinski definition) is 6. The number of alkyl halides is 2. The molecule has 0 radical (unpaired) electrons. The number of amides is 1. The smallest absolute Gasteiger partial charge is 0.387 e. The second-order valence-corrected chi connectivity index (χ2v) is 6.03. The minimum absolute atomic E-state index is 0.119. The Balaban J connectivity index is 1.83. The summed E-state index contributed by atoms with van der Waals surface area (Å²) in [4.78, 5) is 34.9. The molecule has 0 aliphatic carbocycles. The van der Waals surface area contributed by atoms with Gasteiger partial charge in [0.15, 0.2) is 6.61 Å². The molecule has 0 aromatic heterocycles. The van der Waals surface area contributed by atoms with Crippen LogP contribution in [0, 0.1) is 0 Å². The summed E-state index contributed by atoms with van der Waals surface area (Å²) in [6.45, 7) is -3.60. The Bertz CT molecular complexity index is 947. The van der Waals surface area contributed by atoms with E-state index in [0.717, 1.165) is 6.08 Å². The van der Waals surface area contributed by atoms with E-state index in [1.807, 2.05) is 0 Å². The third kappa shape index (κ3) is 7.17. The molecule has 0 spiro atoms. The zero-order valence-electron chi connectivity index (χ0n) is 15.6. The van der Waals surface area contributed by atoms with Gasteiger partial charge in [-0.1, -0.05) is 23.7 Å². The lowest BCUT2D eigenvalue weighted by atomic mass is 10.1. The van der Waals surface area contributed by atoms with Crippen molar-refractivity contribution >= 4 is 41.2 Å². The molecular formula is C20H16ClF2NO6. The Morgan fingerprint density at radius 1 is 1.13 bits per heavy atom. The Morgan fingerprint density at radius 3 is 2.43 bits per heavy atom. The monoisotopic (exact) mass is 439 g/mol. The fourth-order valence-corrected chi connectivity index (χ4v) is 2.39. The molecule has 1 N–H and O–H groups in total. The average molecular weight is 440 g/mol. The molecule has 1 amide bonds. The van der Waals surface area contributed by atoms with Crippen molar-refractivity contribution in [1.29, 1.82) is 0 Å². The van der Waals surface area contributed by atoms with Crippen LogP contribution in [0.4, 0.5) is 14.5 Å². The highest BCUT2D eigenvalue weighted by molar-refractivity contribution is 6.32. The van der Waals surface area contributed by atoms with Gasteiger partial charge >= 0.3 is 18.6 Å². The lowest BCUT2D eigenvalue weighted by molar-refractivity contribution is -0.142. The number of ether oxygens (including phenoxy) is 3. The van der Waals surface area contributed by atoms with E-state index in [2.05, 4.69) is 14.8 Å². The summed E-state index contributed by atoms with van der Waals surface area (Å²) in [6.07, 6.45) is 2.57. The number of rotatable bonds is 8. The van der Waals surface area contributed by atoms with E-state index in [0.29, 0.717) is 11.1 Å². The van der Waals surface area contributed by atoms with Gasteiger partial charge in [-0.05, 0) is 42.0 Å². The average Bonchev–Trinajstić information content (AvgIpc) is 2.72. The molecule has 7 nitrogen and oxygen atoms in total. The third-order valence-electron chi connectivity index (χ3n) is 3.52. The van der Waals surface area contributed by atoms with E-state index >= 15 is 0 Å². The molecule has 0 unspecified atom stereocenters. The van der Waals surface area contributed by atoms with Crippen LogP contribution in [0.3, 0.4) is 0 Å². The maximum atomic E-state index is 12.2. The van der Waals surface area contributed by atoms with Gasteiger partial charge in [0.25, 0.3) is 5.91 Å². The van der Waals surface area contributed by atoms with Gasteiger partial charge < -0.3 is 19.5 Å². The molecular weight excluding hydrogens is 424 g/mol. The van der Waals surface area contributed by atoms with Gasteiger partial charge in [0.05, 0.1) is 17.7 Å². The molecule has 10 heteroatoms. The van der Waals surface area contributed by atoms with Crippen molar-refractivity contribution in [2.45, 2.75) is 6.61 Å². The van der Waals surface area contributed by atoms with E-state index in [-0.39, 0.29) is 16.5 Å². The Hall–Kier alpha value is -3.46. The minimum Gasteiger partial charge on any atom is -0.465 e. The van der Waals surface area contributed by atoms with Crippen LogP contribution < -0.4 is 10.1 Å². The van der Waals surface area contributed by atoms with Gasteiger partial charge in [-0.25, -0.2) is 9.59 Å². The molecule has 0 saturated carbocycles.